The highest BCUT2D eigenvalue weighted by Gasteiger charge is 2.24. The molecule has 0 aliphatic carbocycles. The predicted molar refractivity (Wildman–Crippen MR) is 78.0 cm³/mol. The molecule has 0 saturated carbocycles. The third kappa shape index (κ3) is 2.88. The number of aromatic nitrogens is 2. The van der Waals surface area contributed by atoms with Crippen LogP contribution < -0.4 is 10.1 Å². The first-order chi connectivity index (χ1) is 9.71. The minimum atomic E-state index is -0.0438. The van der Waals surface area contributed by atoms with Crippen LogP contribution in [0.2, 0.25) is 0 Å². The average Bonchev–Trinajstić information content (AvgIpc) is 3.07. The molecular formula is C15H23N3O2. The molecule has 0 aliphatic heterocycles. The Labute approximate surface area is 119 Å². The van der Waals surface area contributed by atoms with Crippen molar-refractivity contribution in [1.29, 1.82) is 0 Å². The number of rotatable bonds is 7. The summed E-state index contributed by atoms with van der Waals surface area (Å²) in [6, 6.07) is 4.01. The molecule has 1 N–H and O–H groups in total. The first-order valence-corrected chi connectivity index (χ1v) is 7.09. The molecule has 0 fully saturated rings. The van der Waals surface area contributed by atoms with Crippen molar-refractivity contribution < 1.29 is 9.15 Å². The lowest BCUT2D eigenvalue weighted by Gasteiger charge is -2.18. The Morgan fingerprint density at radius 1 is 1.40 bits per heavy atom. The Kier molecular flexibility index (Phi) is 4.84. The Morgan fingerprint density at radius 3 is 2.80 bits per heavy atom. The van der Waals surface area contributed by atoms with E-state index in [1.54, 1.807) is 13.3 Å². The van der Waals surface area contributed by atoms with Gasteiger partial charge in [-0.1, -0.05) is 13.8 Å². The van der Waals surface area contributed by atoms with Gasteiger partial charge in [0.1, 0.15) is 23.3 Å². The van der Waals surface area contributed by atoms with E-state index >= 15 is 0 Å². The molecule has 0 amide bonds. The summed E-state index contributed by atoms with van der Waals surface area (Å²) in [5.41, 5.74) is 0.984. The number of aryl methyl sites for hydroxylation is 2. The molecule has 2 heterocycles. The van der Waals surface area contributed by atoms with Gasteiger partial charge in [-0.2, -0.15) is 5.10 Å². The van der Waals surface area contributed by atoms with Crippen molar-refractivity contribution in [3.05, 3.63) is 35.5 Å². The van der Waals surface area contributed by atoms with Crippen LogP contribution in [-0.4, -0.2) is 23.4 Å². The van der Waals surface area contributed by atoms with E-state index in [0.717, 1.165) is 42.4 Å². The zero-order valence-electron chi connectivity index (χ0n) is 12.6. The molecule has 2 aromatic heterocycles. The van der Waals surface area contributed by atoms with E-state index < -0.39 is 0 Å². The quantitative estimate of drug-likeness (QED) is 0.845. The minimum absolute atomic E-state index is 0.0438. The topological polar surface area (TPSA) is 52.2 Å². The van der Waals surface area contributed by atoms with Crippen molar-refractivity contribution in [2.75, 3.05) is 13.7 Å². The Bertz CT molecular complexity index is 545. The summed E-state index contributed by atoms with van der Waals surface area (Å²) in [5, 5.41) is 7.79. The van der Waals surface area contributed by atoms with Crippen molar-refractivity contribution in [1.82, 2.24) is 15.1 Å². The SMILES string of the molecule is CCCNC(c1ccc(CC)o1)c1c(OC)cnn1C. The maximum Gasteiger partial charge on any atom is 0.162 e. The number of furan rings is 1. The van der Waals surface area contributed by atoms with E-state index in [-0.39, 0.29) is 6.04 Å². The molecule has 0 aromatic carbocycles. The minimum Gasteiger partial charge on any atom is -0.493 e. The molecule has 1 unspecified atom stereocenters. The van der Waals surface area contributed by atoms with Gasteiger partial charge in [0.2, 0.25) is 0 Å². The molecule has 5 nitrogen and oxygen atoms in total. The highest BCUT2D eigenvalue weighted by molar-refractivity contribution is 5.33. The van der Waals surface area contributed by atoms with Gasteiger partial charge in [-0.25, -0.2) is 0 Å². The summed E-state index contributed by atoms with van der Waals surface area (Å²) in [6.45, 7) is 5.13. The fourth-order valence-electron chi connectivity index (χ4n) is 2.27. The molecule has 0 spiro atoms. The van der Waals surface area contributed by atoms with Crippen LogP contribution in [0.1, 0.15) is 43.5 Å². The normalized spacial score (nSPS) is 12.6. The lowest BCUT2D eigenvalue weighted by molar-refractivity contribution is 0.379. The molecule has 1 atom stereocenters. The number of hydrogen-bond acceptors (Lipinski definition) is 4. The summed E-state index contributed by atoms with van der Waals surface area (Å²) < 4.78 is 13.2. The van der Waals surface area contributed by atoms with Crippen LogP contribution in [0.3, 0.4) is 0 Å². The first kappa shape index (κ1) is 14.7. The van der Waals surface area contributed by atoms with Crippen LogP contribution in [0, 0.1) is 0 Å². The van der Waals surface area contributed by atoms with Crippen LogP contribution in [0.4, 0.5) is 0 Å². The summed E-state index contributed by atoms with van der Waals surface area (Å²) in [5.74, 6) is 2.66. The second-order valence-electron chi connectivity index (χ2n) is 4.77. The van der Waals surface area contributed by atoms with Crippen molar-refractivity contribution in [3.8, 4) is 5.75 Å². The van der Waals surface area contributed by atoms with Gasteiger partial charge in [0, 0.05) is 13.5 Å². The molecule has 0 aliphatic rings. The van der Waals surface area contributed by atoms with Crippen LogP contribution in [-0.2, 0) is 13.5 Å². The number of nitrogens with one attached hydrogen (secondary N) is 1. The van der Waals surface area contributed by atoms with Crippen LogP contribution in [0.5, 0.6) is 5.75 Å². The molecule has 0 radical (unpaired) electrons. The number of ether oxygens (including phenoxy) is 1. The van der Waals surface area contributed by atoms with E-state index in [1.807, 2.05) is 23.9 Å². The van der Waals surface area contributed by atoms with Crippen molar-refractivity contribution in [2.24, 2.45) is 7.05 Å². The summed E-state index contributed by atoms with van der Waals surface area (Å²) in [6.07, 6.45) is 3.68. The number of nitrogens with zero attached hydrogens (tertiary/aromatic N) is 2. The van der Waals surface area contributed by atoms with Gasteiger partial charge < -0.3 is 14.5 Å². The first-order valence-electron chi connectivity index (χ1n) is 7.09. The summed E-state index contributed by atoms with van der Waals surface area (Å²) in [7, 11) is 3.58. The van der Waals surface area contributed by atoms with Gasteiger partial charge >= 0.3 is 0 Å². The molecule has 110 valence electrons. The smallest absolute Gasteiger partial charge is 0.162 e. The van der Waals surface area contributed by atoms with Crippen LogP contribution in [0.25, 0.3) is 0 Å². The zero-order valence-corrected chi connectivity index (χ0v) is 12.6. The Balaban J connectivity index is 2.38. The lowest BCUT2D eigenvalue weighted by Crippen LogP contribution is -2.25. The standard InChI is InChI=1S/C15H23N3O2/c1-5-9-16-14(12-8-7-11(6-2)20-12)15-13(19-4)10-17-18(15)3/h7-8,10,14,16H,5-6,9H2,1-4H3. The van der Waals surface area contributed by atoms with Gasteiger partial charge in [-0.3, -0.25) is 4.68 Å². The maximum atomic E-state index is 5.91. The Morgan fingerprint density at radius 2 is 2.20 bits per heavy atom. The van der Waals surface area contributed by atoms with Gasteiger partial charge in [-0.05, 0) is 25.1 Å². The zero-order chi connectivity index (χ0) is 14.5. The highest BCUT2D eigenvalue weighted by atomic mass is 16.5. The Hall–Kier alpha value is -1.75. The van der Waals surface area contributed by atoms with Crippen molar-refractivity contribution in [3.63, 3.8) is 0 Å². The van der Waals surface area contributed by atoms with Gasteiger partial charge in [0.05, 0.1) is 13.3 Å². The fourth-order valence-corrected chi connectivity index (χ4v) is 2.27. The molecular weight excluding hydrogens is 254 g/mol. The molecule has 0 bridgehead atoms. The monoisotopic (exact) mass is 277 g/mol. The largest absolute Gasteiger partial charge is 0.493 e. The predicted octanol–water partition coefficient (Wildman–Crippen LogP) is 2.67. The van der Waals surface area contributed by atoms with Gasteiger partial charge in [0.15, 0.2) is 5.75 Å². The number of hydrogen-bond donors (Lipinski definition) is 1. The third-order valence-corrected chi connectivity index (χ3v) is 3.36. The third-order valence-electron chi connectivity index (χ3n) is 3.36. The molecule has 2 aromatic rings. The van der Waals surface area contributed by atoms with E-state index in [2.05, 4.69) is 24.3 Å². The molecule has 0 saturated heterocycles. The lowest BCUT2D eigenvalue weighted by atomic mass is 10.1. The summed E-state index contributed by atoms with van der Waals surface area (Å²) >= 11 is 0. The van der Waals surface area contributed by atoms with Crippen molar-refractivity contribution in [2.45, 2.75) is 32.7 Å². The van der Waals surface area contributed by atoms with E-state index in [4.69, 9.17) is 9.15 Å². The average molecular weight is 277 g/mol. The van der Waals surface area contributed by atoms with Crippen LogP contribution in [0.15, 0.2) is 22.7 Å². The van der Waals surface area contributed by atoms with Gasteiger partial charge in [-0.15, -0.1) is 0 Å². The van der Waals surface area contributed by atoms with Crippen LogP contribution >= 0.6 is 0 Å². The van der Waals surface area contributed by atoms with E-state index in [0.29, 0.717) is 0 Å². The second kappa shape index (κ2) is 6.61. The molecule has 5 heteroatoms. The highest BCUT2D eigenvalue weighted by Crippen LogP contribution is 2.30. The maximum absolute atomic E-state index is 5.91. The van der Waals surface area contributed by atoms with E-state index in [9.17, 15) is 0 Å². The second-order valence-corrected chi connectivity index (χ2v) is 4.77. The number of methoxy groups -OCH3 is 1. The van der Waals surface area contributed by atoms with Crippen molar-refractivity contribution >= 4 is 0 Å². The molecule has 20 heavy (non-hydrogen) atoms. The van der Waals surface area contributed by atoms with Gasteiger partial charge in [0.25, 0.3) is 0 Å². The van der Waals surface area contributed by atoms with E-state index in [1.165, 1.54) is 0 Å². The fraction of sp³-hybridized carbons (Fsp3) is 0.533. The molecule has 2 rings (SSSR count). The summed E-state index contributed by atoms with van der Waals surface area (Å²) in [4.78, 5) is 0.